The first kappa shape index (κ1) is 15.8. The van der Waals surface area contributed by atoms with Gasteiger partial charge in [0.25, 0.3) is 10.0 Å². The van der Waals surface area contributed by atoms with Crippen LogP contribution >= 0.6 is 22.9 Å². The van der Waals surface area contributed by atoms with Crippen LogP contribution in [0.5, 0.6) is 0 Å². The Morgan fingerprint density at radius 1 is 1.61 bits per heavy atom. The van der Waals surface area contributed by atoms with E-state index in [0.717, 1.165) is 17.8 Å². The molecule has 0 radical (unpaired) electrons. The lowest BCUT2D eigenvalue weighted by atomic mass is 10.2. The lowest BCUT2D eigenvalue weighted by Crippen LogP contribution is -2.36. The van der Waals surface area contributed by atoms with Crippen molar-refractivity contribution in [2.45, 2.75) is 30.5 Å². The molecule has 0 aromatic carbocycles. The van der Waals surface area contributed by atoms with Gasteiger partial charge in [-0.2, -0.15) is 0 Å². The van der Waals surface area contributed by atoms with Crippen molar-refractivity contribution in [3.05, 3.63) is 10.7 Å². The van der Waals surface area contributed by atoms with Crippen molar-refractivity contribution >= 4 is 33.0 Å². The van der Waals surface area contributed by atoms with Gasteiger partial charge in [-0.1, -0.05) is 29.9 Å². The first-order chi connectivity index (χ1) is 8.36. The summed E-state index contributed by atoms with van der Waals surface area (Å²) in [5.41, 5.74) is 0. The van der Waals surface area contributed by atoms with Gasteiger partial charge in [0.05, 0.1) is 6.20 Å². The fourth-order valence-corrected chi connectivity index (χ4v) is 3.68. The van der Waals surface area contributed by atoms with E-state index in [4.69, 9.17) is 11.6 Å². The monoisotopic (exact) mass is 311 g/mol. The molecular formula is C10H18ClN3O2S2. The standard InChI is InChI=1S/C10H18ClN3O2S2/c1-4-8(2)14(3)6-5-13-18(15,16)9-7-12-10(11)17-9/h7-8,13H,4-6H2,1-3H3. The predicted molar refractivity (Wildman–Crippen MR) is 74.7 cm³/mol. The summed E-state index contributed by atoms with van der Waals surface area (Å²) >= 11 is 6.57. The molecule has 1 atom stereocenters. The Balaban J connectivity index is 2.48. The molecule has 1 rings (SSSR count). The summed E-state index contributed by atoms with van der Waals surface area (Å²) in [6.07, 6.45) is 2.31. The predicted octanol–water partition coefficient (Wildman–Crippen LogP) is 1.81. The fourth-order valence-electron chi connectivity index (χ4n) is 1.32. The SMILES string of the molecule is CCC(C)N(C)CCNS(=O)(=O)c1cnc(Cl)s1. The van der Waals surface area contributed by atoms with Crippen molar-refractivity contribution < 1.29 is 8.42 Å². The Hall–Kier alpha value is -0.210. The summed E-state index contributed by atoms with van der Waals surface area (Å²) in [4.78, 5) is 5.84. The molecule has 0 saturated heterocycles. The number of nitrogens with zero attached hydrogens (tertiary/aromatic N) is 2. The van der Waals surface area contributed by atoms with E-state index in [1.54, 1.807) is 0 Å². The minimum absolute atomic E-state index is 0.152. The van der Waals surface area contributed by atoms with Gasteiger partial charge in [0.1, 0.15) is 0 Å². The van der Waals surface area contributed by atoms with Crippen molar-refractivity contribution in [3.63, 3.8) is 0 Å². The molecule has 18 heavy (non-hydrogen) atoms. The van der Waals surface area contributed by atoms with E-state index in [1.165, 1.54) is 6.20 Å². The Morgan fingerprint density at radius 3 is 2.78 bits per heavy atom. The highest BCUT2D eigenvalue weighted by Crippen LogP contribution is 2.21. The van der Waals surface area contributed by atoms with Crippen molar-refractivity contribution in [3.8, 4) is 0 Å². The molecule has 1 N–H and O–H groups in total. The highest BCUT2D eigenvalue weighted by molar-refractivity contribution is 7.91. The zero-order valence-electron chi connectivity index (χ0n) is 10.7. The Kier molecular flexibility index (Phi) is 6.00. The second-order valence-electron chi connectivity index (χ2n) is 4.07. The summed E-state index contributed by atoms with van der Waals surface area (Å²) in [7, 11) is -1.49. The molecule has 0 spiro atoms. The van der Waals surface area contributed by atoms with E-state index in [2.05, 4.69) is 28.5 Å². The second-order valence-corrected chi connectivity index (χ2v) is 7.67. The average molecular weight is 312 g/mol. The van der Waals surface area contributed by atoms with Gasteiger partial charge in [0.2, 0.25) is 0 Å². The van der Waals surface area contributed by atoms with E-state index >= 15 is 0 Å². The average Bonchev–Trinajstić information content (AvgIpc) is 2.75. The van der Waals surface area contributed by atoms with E-state index in [-0.39, 0.29) is 8.68 Å². The lowest BCUT2D eigenvalue weighted by molar-refractivity contribution is 0.256. The summed E-state index contributed by atoms with van der Waals surface area (Å²) in [5.74, 6) is 0. The van der Waals surface area contributed by atoms with Crippen LogP contribution in [0.4, 0.5) is 0 Å². The van der Waals surface area contributed by atoms with Gasteiger partial charge in [0, 0.05) is 19.1 Å². The molecule has 0 aliphatic carbocycles. The van der Waals surface area contributed by atoms with Crippen molar-refractivity contribution in [1.82, 2.24) is 14.6 Å². The smallest absolute Gasteiger partial charge is 0.251 e. The largest absolute Gasteiger partial charge is 0.302 e. The summed E-state index contributed by atoms with van der Waals surface area (Å²) in [6.45, 7) is 5.25. The molecule has 104 valence electrons. The van der Waals surface area contributed by atoms with Crippen LogP contribution in [0.1, 0.15) is 20.3 Å². The molecular weight excluding hydrogens is 294 g/mol. The van der Waals surface area contributed by atoms with Crippen LogP contribution in [0.2, 0.25) is 4.47 Å². The molecule has 1 heterocycles. The third-order valence-electron chi connectivity index (χ3n) is 2.82. The molecule has 5 nitrogen and oxygen atoms in total. The Bertz CT molecular complexity index is 475. The molecule has 0 fully saturated rings. The van der Waals surface area contributed by atoms with Crippen molar-refractivity contribution in [2.75, 3.05) is 20.1 Å². The van der Waals surface area contributed by atoms with E-state index in [1.807, 2.05) is 7.05 Å². The van der Waals surface area contributed by atoms with Crippen LogP contribution in [0.15, 0.2) is 10.4 Å². The molecule has 0 aliphatic heterocycles. The number of hydrogen-bond donors (Lipinski definition) is 1. The van der Waals surface area contributed by atoms with Gasteiger partial charge in [-0.05, 0) is 20.4 Å². The third-order valence-corrected chi connectivity index (χ3v) is 5.86. The number of hydrogen-bond acceptors (Lipinski definition) is 5. The number of halogens is 1. The molecule has 0 aliphatic rings. The van der Waals surface area contributed by atoms with Crippen LogP contribution < -0.4 is 4.72 Å². The fraction of sp³-hybridized carbons (Fsp3) is 0.700. The van der Waals surface area contributed by atoms with Crippen LogP contribution in [-0.2, 0) is 10.0 Å². The number of nitrogens with one attached hydrogen (secondary N) is 1. The first-order valence-corrected chi connectivity index (χ1v) is 8.35. The van der Waals surface area contributed by atoms with E-state index in [0.29, 0.717) is 19.1 Å². The molecule has 0 amide bonds. The van der Waals surface area contributed by atoms with Crippen molar-refractivity contribution in [2.24, 2.45) is 0 Å². The maximum absolute atomic E-state index is 11.8. The number of likely N-dealkylation sites (N-methyl/N-ethyl adjacent to an activating group) is 1. The molecule has 1 unspecified atom stereocenters. The van der Waals surface area contributed by atoms with Crippen LogP contribution in [0.25, 0.3) is 0 Å². The minimum Gasteiger partial charge on any atom is -0.302 e. The Morgan fingerprint density at radius 2 is 2.28 bits per heavy atom. The van der Waals surface area contributed by atoms with Crippen LogP contribution in [-0.4, -0.2) is 44.5 Å². The summed E-state index contributed by atoms with van der Waals surface area (Å²) < 4.78 is 26.6. The maximum Gasteiger partial charge on any atom is 0.251 e. The topological polar surface area (TPSA) is 62.3 Å². The molecule has 1 aromatic rings. The maximum atomic E-state index is 11.8. The van der Waals surface area contributed by atoms with Crippen LogP contribution in [0, 0.1) is 0 Å². The number of aromatic nitrogens is 1. The third kappa shape index (κ3) is 4.47. The minimum atomic E-state index is -3.47. The van der Waals surface area contributed by atoms with Gasteiger partial charge in [0.15, 0.2) is 8.68 Å². The van der Waals surface area contributed by atoms with Gasteiger partial charge >= 0.3 is 0 Å². The molecule has 0 bridgehead atoms. The van der Waals surface area contributed by atoms with E-state index in [9.17, 15) is 8.42 Å². The lowest BCUT2D eigenvalue weighted by Gasteiger charge is -2.23. The molecule has 8 heteroatoms. The van der Waals surface area contributed by atoms with Gasteiger partial charge < -0.3 is 4.90 Å². The summed E-state index contributed by atoms with van der Waals surface area (Å²) in [5, 5.41) is 0. The zero-order valence-corrected chi connectivity index (χ0v) is 13.1. The molecule has 0 saturated carbocycles. The normalized spacial score (nSPS) is 14.1. The second kappa shape index (κ2) is 6.81. The summed E-state index contributed by atoms with van der Waals surface area (Å²) in [6, 6.07) is 0.437. The van der Waals surface area contributed by atoms with Crippen LogP contribution in [0.3, 0.4) is 0 Å². The number of sulfonamides is 1. The number of thiazole rings is 1. The first-order valence-electron chi connectivity index (χ1n) is 5.68. The number of rotatable bonds is 7. The van der Waals surface area contributed by atoms with Crippen molar-refractivity contribution in [1.29, 1.82) is 0 Å². The van der Waals surface area contributed by atoms with Gasteiger partial charge in [-0.3, -0.25) is 0 Å². The highest BCUT2D eigenvalue weighted by Gasteiger charge is 2.17. The van der Waals surface area contributed by atoms with Gasteiger partial charge in [-0.15, -0.1) is 0 Å². The quantitative estimate of drug-likeness (QED) is 0.834. The Labute approximate surface area is 117 Å². The molecule has 1 aromatic heterocycles. The highest BCUT2D eigenvalue weighted by atomic mass is 35.5. The van der Waals surface area contributed by atoms with Gasteiger partial charge in [-0.25, -0.2) is 18.1 Å². The van der Waals surface area contributed by atoms with E-state index < -0.39 is 10.0 Å². The zero-order chi connectivity index (χ0) is 13.8.